The summed E-state index contributed by atoms with van der Waals surface area (Å²) in [6.07, 6.45) is 2.21. The molecule has 88 valence electrons. The van der Waals surface area contributed by atoms with Crippen molar-refractivity contribution in [1.29, 1.82) is 0 Å². The number of H-pyrrole nitrogens is 1. The Balaban J connectivity index is 2.55. The second kappa shape index (κ2) is 4.09. The van der Waals surface area contributed by atoms with Crippen molar-refractivity contribution in [2.45, 2.75) is 39.2 Å². The van der Waals surface area contributed by atoms with Crippen molar-refractivity contribution in [1.82, 2.24) is 9.55 Å². The molecule has 5 heteroatoms. The third kappa shape index (κ3) is 2.07. The summed E-state index contributed by atoms with van der Waals surface area (Å²) < 4.78 is 1.28. The molecule has 0 aromatic carbocycles. The summed E-state index contributed by atoms with van der Waals surface area (Å²) in [5, 5.41) is 0.178. The third-order valence-electron chi connectivity index (χ3n) is 2.89. The monoisotopic (exact) mass is 242 g/mol. The van der Waals surface area contributed by atoms with E-state index in [0.29, 0.717) is 18.0 Å². The van der Waals surface area contributed by atoms with Gasteiger partial charge < -0.3 is 0 Å². The van der Waals surface area contributed by atoms with Gasteiger partial charge in [-0.1, -0.05) is 25.4 Å². The average molecular weight is 243 g/mol. The summed E-state index contributed by atoms with van der Waals surface area (Å²) in [6, 6.07) is 0. The van der Waals surface area contributed by atoms with E-state index in [9.17, 15) is 9.59 Å². The first-order valence-electron chi connectivity index (χ1n) is 5.53. The van der Waals surface area contributed by atoms with E-state index in [0.717, 1.165) is 12.8 Å². The molecular weight excluding hydrogens is 228 g/mol. The minimum atomic E-state index is -0.397. The first-order chi connectivity index (χ1) is 7.50. The van der Waals surface area contributed by atoms with Crippen LogP contribution in [0.3, 0.4) is 0 Å². The van der Waals surface area contributed by atoms with Gasteiger partial charge >= 0.3 is 5.69 Å². The second-order valence-electron chi connectivity index (χ2n) is 4.67. The van der Waals surface area contributed by atoms with Crippen molar-refractivity contribution in [3.63, 3.8) is 0 Å². The molecule has 1 N–H and O–H groups in total. The molecule has 4 nitrogen and oxygen atoms in total. The van der Waals surface area contributed by atoms with E-state index >= 15 is 0 Å². The van der Waals surface area contributed by atoms with Crippen molar-refractivity contribution in [2.24, 2.45) is 5.92 Å². The maximum absolute atomic E-state index is 12.1. The van der Waals surface area contributed by atoms with Crippen LogP contribution in [0.4, 0.5) is 0 Å². The third-order valence-corrected chi connectivity index (χ3v) is 3.19. The zero-order valence-corrected chi connectivity index (χ0v) is 10.2. The molecule has 0 amide bonds. The SMILES string of the molecule is CC(C)c1c(Cl)[nH]c(=O)n(CC2CC2)c1=O. The quantitative estimate of drug-likeness (QED) is 0.821. The lowest BCUT2D eigenvalue weighted by Gasteiger charge is -2.10. The van der Waals surface area contributed by atoms with Crippen molar-refractivity contribution < 1.29 is 0 Å². The standard InChI is InChI=1S/C11H15ClN2O2/c1-6(2)8-9(12)13-11(16)14(10(8)15)5-7-3-4-7/h6-7H,3-5H2,1-2H3,(H,13,16). The van der Waals surface area contributed by atoms with E-state index in [4.69, 9.17) is 11.6 Å². The van der Waals surface area contributed by atoms with Crippen LogP contribution in [0.5, 0.6) is 0 Å². The van der Waals surface area contributed by atoms with Crippen LogP contribution in [0.1, 0.15) is 38.2 Å². The molecule has 0 saturated heterocycles. The van der Waals surface area contributed by atoms with Gasteiger partial charge in [0.15, 0.2) is 0 Å². The molecule has 2 rings (SSSR count). The fourth-order valence-electron chi connectivity index (χ4n) is 1.79. The molecule has 16 heavy (non-hydrogen) atoms. The molecule has 1 saturated carbocycles. The Bertz CT molecular complexity index is 512. The minimum Gasteiger partial charge on any atom is -0.297 e. The van der Waals surface area contributed by atoms with Gasteiger partial charge in [-0.25, -0.2) is 4.79 Å². The van der Waals surface area contributed by atoms with Gasteiger partial charge in [0.05, 0.1) is 5.56 Å². The number of nitrogens with zero attached hydrogens (tertiary/aromatic N) is 1. The van der Waals surface area contributed by atoms with Crippen molar-refractivity contribution >= 4 is 11.6 Å². The van der Waals surface area contributed by atoms with E-state index < -0.39 is 5.69 Å². The Kier molecular flexibility index (Phi) is 2.93. The smallest absolute Gasteiger partial charge is 0.297 e. The summed E-state index contributed by atoms with van der Waals surface area (Å²) >= 11 is 5.89. The molecule has 1 heterocycles. The zero-order chi connectivity index (χ0) is 11.9. The lowest BCUT2D eigenvalue weighted by Crippen LogP contribution is -2.38. The number of nitrogens with one attached hydrogen (secondary N) is 1. The number of halogens is 1. The molecule has 1 aromatic rings. The van der Waals surface area contributed by atoms with Gasteiger partial charge in [-0.3, -0.25) is 14.3 Å². The van der Waals surface area contributed by atoms with Crippen LogP contribution < -0.4 is 11.2 Å². The van der Waals surface area contributed by atoms with Gasteiger partial charge in [0, 0.05) is 6.54 Å². The molecule has 0 bridgehead atoms. The van der Waals surface area contributed by atoms with Gasteiger partial charge in [0.2, 0.25) is 0 Å². The largest absolute Gasteiger partial charge is 0.329 e. The Morgan fingerprint density at radius 1 is 1.44 bits per heavy atom. The Labute approximate surface area is 98.3 Å². The molecule has 1 aromatic heterocycles. The molecule has 1 aliphatic rings. The van der Waals surface area contributed by atoms with E-state index in [1.165, 1.54) is 4.57 Å². The zero-order valence-electron chi connectivity index (χ0n) is 9.42. The van der Waals surface area contributed by atoms with Crippen LogP contribution in [-0.4, -0.2) is 9.55 Å². The number of rotatable bonds is 3. The van der Waals surface area contributed by atoms with E-state index in [-0.39, 0.29) is 16.6 Å². The van der Waals surface area contributed by atoms with Crippen LogP contribution in [0.25, 0.3) is 0 Å². The first-order valence-corrected chi connectivity index (χ1v) is 5.91. The van der Waals surface area contributed by atoms with Gasteiger partial charge in [-0.15, -0.1) is 0 Å². The van der Waals surface area contributed by atoms with Crippen LogP contribution in [-0.2, 0) is 6.54 Å². The van der Waals surface area contributed by atoms with Gasteiger partial charge in [0.1, 0.15) is 5.15 Å². The lowest BCUT2D eigenvalue weighted by molar-refractivity contribution is 0.565. The summed E-state index contributed by atoms with van der Waals surface area (Å²) in [7, 11) is 0. The molecule has 1 fully saturated rings. The molecule has 0 aliphatic heterocycles. The van der Waals surface area contributed by atoms with Crippen molar-refractivity contribution in [3.8, 4) is 0 Å². The van der Waals surface area contributed by atoms with Gasteiger partial charge in [0.25, 0.3) is 5.56 Å². The fraction of sp³-hybridized carbons (Fsp3) is 0.636. The number of hydrogen-bond acceptors (Lipinski definition) is 2. The highest BCUT2D eigenvalue weighted by Gasteiger charge is 2.24. The average Bonchev–Trinajstić information content (AvgIpc) is 2.94. The molecule has 0 spiro atoms. The van der Waals surface area contributed by atoms with Crippen LogP contribution >= 0.6 is 11.6 Å². The number of aromatic amines is 1. The van der Waals surface area contributed by atoms with Crippen molar-refractivity contribution in [3.05, 3.63) is 31.6 Å². The highest BCUT2D eigenvalue weighted by atomic mass is 35.5. The lowest BCUT2D eigenvalue weighted by atomic mass is 10.1. The van der Waals surface area contributed by atoms with E-state index in [1.54, 1.807) is 0 Å². The maximum atomic E-state index is 12.1. The maximum Gasteiger partial charge on any atom is 0.329 e. The van der Waals surface area contributed by atoms with Crippen LogP contribution in [0, 0.1) is 5.92 Å². The normalized spacial score (nSPS) is 15.8. The Hall–Kier alpha value is -1.03. The van der Waals surface area contributed by atoms with Gasteiger partial charge in [-0.05, 0) is 24.7 Å². The minimum absolute atomic E-state index is 0.0160. The number of aromatic nitrogens is 2. The predicted octanol–water partition coefficient (Wildman–Crippen LogP) is 1.72. The van der Waals surface area contributed by atoms with Gasteiger partial charge in [-0.2, -0.15) is 0 Å². The topological polar surface area (TPSA) is 54.9 Å². The molecule has 1 aliphatic carbocycles. The Morgan fingerprint density at radius 3 is 2.56 bits per heavy atom. The molecule has 0 atom stereocenters. The van der Waals surface area contributed by atoms with E-state index in [1.807, 2.05) is 13.8 Å². The number of hydrogen-bond donors (Lipinski definition) is 1. The van der Waals surface area contributed by atoms with E-state index in [2.05, 4.69) is 4.98 Å². The molecule has 0 radical (unpaired) electrons. The molecular formula is C11H15ClN2O2. The summed E-state index contributed by atoms with van der Waals surface area (Å²) in [4.78, 5) is 26.2. The molecule has 0 unspecified atom stereocenters. The summed E-state index contributed by atoms with van der Waals surface area (Å²) in [5.74, 6) is 0.502. The predicted molar refractivity (Wildman–Crippen MR) is 63.1 cm³/mol. The Morgan fingerprint density at radius 2 is 2.06 bits per heavy atom. The van der Waals surface area contributed by atoms with Crippen molar-refractivity contribution in [2.75, 3.05) is 0 Å². The summed E-state index contributed by atoms with van der Waals surface area (Å²) in [5.41, 5.74) is -0.135. The highest BCUT2D eigenvalue weighted by molar-refractivity contribution is 6.30. The second-order valence-corrected chi connectivity index (χ2v) is 5.05. The van der Waals surface area contributed by atoms with Crippen LogP contribution in [0.2, 0.25) is 5.15 Å². The first kappa shape index (κ1) is 11.5. The fourth-order valence-corrected chi connectivity index (χ4v) is 2.16. The van der Waals surface area contributed by atoms with Crippen LogP contribution in [0.15, 0.2) is 9.59 Å². The summed E-state index contributed by atoms with van der Waals surface area (Å²) in [6.45, 7) is 4.30. The highest BCUT2D eigenvalue weighted by Crippen LogP contribution is 2.29.